The van der Waals surface area contributed by atoms with E-state index < -0.39 is 6.10 Å². The predicted octanol–water partition coefficient (Wildman–Crippen LogP) is 4.06. The molecule has 0 unspecified atom stereocenters. The minimum Gasteiger partial charge on any atom is -0.493 e. The van der Waals surface area contributed by atoms with Gasteiger partial charge in [-0.25, -0.2) is 0 Å². The Morgan fingerprint density at radius 2 is 1.72 bits per heavy atom. The molecule has 3 rings (SSSR count). The Balaban J connectivity index is 1.57. The van der Waals surface area contributed by atoms with Gasteiger partial charge < -0.3 is 19.5 Å². The number of ether oxygens (including phenoxy) is 2. The summed E-state index contributed by atoms with van der Waals surface area (Å²) < 4.78 is 10.6. The molecule has 2 aromatic rings. The highest BCUT2D eigenvalue weighted by Gasteiger charge is 2.22. The minimum atomic E-state index is -0.547. The second kappa shape index (κ2) is 10.8. The predicted molar refractivity (Wildman–Crippen MR) is 121 cm³/mol. The Morgan fingerprint density at radius 1 is 1.00 bits per heavy atom. The molecule has 0 amide bonds. The van der Waals surface area contributed by atoms with Crippen LogP contribution in [0.3, 0.4) is 0 Å². The molecule has 0 radical (unpaired) electrons. The second-order valence-electron chi connectivity index (χ2n) is 7.23. The first-order valence-corrected chi connectivity index (χ1v) is 11.2. The molecule has 1 N–H and O–H groups in total. The number of rotatable bonds is 9. The average Bonchev–Trinajstić information content (AvgIpc) is 2.78. The molecule has 0 aliphatic carbocycles. The topological polar surface area (TPSA) is 45.2 Å². The van der Waals surface area contributed by atoms with Crippen LogP contribution in [0.4, 0.5) is 5.69 Å². The number of aliphatic hydroxyl groups excluding tert-OH is 1. The smallest absolute Gasteiger partial charge is 0.161 e. The third-order valence-electron chi connectivity index (χ3n) is 5.26. The Kier molecular flexibility index (Phi) is 8.09. The van der Waals surface area contributed by atoms with Gasteiger partial charge in [-0.3, -0.25) is 4.90 Å². The zero-order valence-electron chi connectivity index (χ0n) is 17.6. The van der Waals surface area contributed by atoms with Crippen molar-refractivity contribution in [3.05, 3.63) is 48.0 Å². The Hall–Kier alpha value is -1.89. The fourth-order valence-corrected chi connectivity index (χ4v) is 4.58. The molecular weight excluding hydrogens is 384 g/mol. The fraction of sp³-hybridized carbons (Fsp3) is 0.478. The molecule has 158 valence electrons. The molecule has 6 heteroatoms. The number of hydrogen-bond donors (Lipinski definition) is 1. The Morgan fingerprint density at radius 3 is 2.41 bits per heavy atom. The lowest BCUT2D eigenvalue weighted by Crippen LogP contribution is -2.47. The molecule has 0 saturated carbocycles. The van der Waals surface area contributed by atoms with Crippen LogP contribution >= 0.6 is 11.8 Å². The molecule has 1 aliphatic heterocycles. The van der Waals surface area contributed by atoms with Gasteiger partial charge >= 0.3 is 0 Å². The summed E-state index contributed by atoms with van der Waals surface area (Å²) in [4.78, 5) is 6.17. The normalized spacial score (nSPS) is 15.9. The molecule has 0 aromatic heterocycles. The number of para-hydroxylation sites is 1. The number of thioether (sulfide) groups is 1. The van der Waals surface area contributed by atoms with Crippen LogP contribution in [-0.4, -0.2) is 62.7 Å². The first-order chi connectivity index (χ1) is 14.2. The van der Waals surface area contributed by atoms with Crippen LogP contribution < -0.4 is 14.4 Å². The van der Waals surface area contributed by atoms with Crippen LogP contribution in [0.5, 0.6) is 11.5 Å². The SMILES string of the molecule is CCCSc1ccccc1N1CCN(C[C@H](O)c2ccc(OC)c(OC)c2)CC1. The molecule has 0 bridgehead atoms. The summed E-state index contributed by atoms with van der Waals surface area (Å²) >= 11 is 1.94. The van der Waals surface area contributed by atoms with Crippen molar-refractivity contribution in [2.45, 2.75) is 24.3 Å². The van der Waals surface area contributed by atoms with E-state index in [9.17, 15) is 5.11 Å². The molecule has 2 aromatic carbocycles. The van der Waals surface area contributed by atoms with Crippen LogP contribution in [-0.2, 0) is 0 Å². The van der Waals surface area contributed by atoms with Crippen molar-refractivity contribution in [3.8, 4) is 11.5 Å². The number of benzene rings is 2. The summed E-state index contributed by atoms with van der Waals surface area (Å²) in [7, 11) is 3.23. The summed E-state index contributed by atoms with van der Waals surface area (Å²) in [6, 6.07) is 14.3. The number of methoxy groups -OCH3 is 2. The van der Waals surface area contributed by atoms with Gasteiger partial charge in [0.15, 0.2) is 11.5 Å². The van der Waals surface area contributed by atoms with Gasteiger partial charge in [0.2, 0.25) is 0 Å². The van der Waals surface area contributed by atoms with E-state index >= 15 is 0 Å². The number of hydrogen-bond acceptors (Lipinski definition) is 6. The number of aliphatic hydroxyl groups is 1. The highest BCUT2D eigenvalue weighted by atomic mass is 32.2. The molecular formula is C23H32N2O3S. The second-order valence-corrected chi connectivity index (χ2v) is 8.37. The number of nitrogens with zero attached hydrogens (tertiary/aromatic N) is 2. The highest BCUT2D eigenvalue weighted by molar-refractivity contribution is 7.99. The minimum absolute atomic E-state index is 0.547. The molecule has 1 heterocycles. The van der Waals surface area contributed by atoms with E-state index in [1.54, 1.807) is 14.2 Å². The van der Waals surface area contributed by atoms with Gasteiger partial charge in [-0.05, 0) is 42.0 Å². The van der Waals surface area contributed by atoms with E-state index in [4.69, 9.17) is 9.47 Å². The maximum Gasteiger partial charge on any atom is 0.161 e. The quantitative estimate of drug-likeness (QED) is 0.622. The van der Waals surface area contributed by atoms with E-state index in [0.717, 1.165) is 37.5 Å². The first-order valence-electron chi connectivity index (χ1n) is 10.2. The van der Waals surface area contributed by atoms with Gasteiger partial charge in [0.25, 0.3) is 0 Å². The highest BCUT2D eigenvalue weighted by Crippen LogP contribution is 2.32. The van der Waals surface area contributed by atoms with Crippen LogP contribution in [0.15, 0.2) is 47.4 Å². The lowest BCUT2D eigenvalue weighted by Gasteiger charge is -2.37. The zero-order valence-corrected chi connectivity index (χ0v) is 18.5. The van der Waals surface area contributed by atoms with E-state index in [0.29, 0.717) is 18.0 Å². The molecule has 1 aliphatic rings. The molecule has 5 nitrogen and oxygen atoms in total. The number of β-amino-alcohol motifs (C(OH)–C–C–N with tert-alkyl or cyclic N) is 1. The van der Waals surface area contributed by atoms with Crippen molar-refractivity contribution in [1.82, 2.24) is 4.90 Å². The molecule has 1 fully saturated rings. The van der Waals surface area contributed by atoms with Gasteiger partial charge in [-0.2, -0.15) is 0 Å². The fourth-order valence-electron chi connectivity index (χ4n) is 3.63. The van der Waals surface area contributed by atoms with Crippen molar-refractivity contribution in [1.29, 1.82) is 0 Å². The molecule has 1 atom stereocenters. The number of anilines is 1. The molecule has 0 spiro atoms. The monoisotopic (exact) mass is 416 g/mol. The van der Waals surface area contributed by atoms with E-state index in [1.807, 2.05) is 30.0 Å². The van der Waals surface area contributed by atoms with Gasteiger partial charge in [0.1, 0.15) is 0 Å². The van der Waals surface area contributed by atoms with Gasteiger partial charge in [0.05, 0.1) is 26.0 Å². The van der Waals surface area contributed by atoms with Crippen LogP contribution in [0.1, 0.15) is 25.0 Å². The van der Waals surface area contributed by atoms with Crippen LogP contribution in [0.25, 0.3) is 0 Å². The largest absolute Gasteiger partial charge is 0.493 e. The lowest BCUT2D eigenvalue weighted by molar-refractivity contribution is 0.109. The summed E-state index contributed by atoms with van der Waals surface area (Å²) in [5, 5.41) is 10.7. The summed E-state index contributed by atoms with van der Waals surface area (Å²) in [5.74, 6) is 2.47. The summed E-state index contributed by atoms with van der Waals surface area (Å²) in [5.41, 5.74) is 2.19. The maximum atomic E-state index is 10.7. The van der Waals surface area contributed by atoms with E-state index in [1.165, 1.54) is 17.0 Å². The van der Waals surface area contributed by atoms with Crippen molar-refractivity contribution in [3.63, 3.8) is 0 Å². The van der Waals surface area contributed by atoms with E-state index in [2.05, 4.69) is 41.0 Å². The van der Waals surface area contributed by atoms with Crippen molar-refractivity contribution in [2.75, 3.05) is 57.6 Å². The third kappa shape index (κ3) is 5.59. The van der Waals surface area contributed by atoms with Gasteiger partial charge in [-0.1, -0.05) is 25.1 Å². The van der Waals surface area contributed by atoms with Crippen LogP contribution in [0, 0.1) is 0 Å². The zero-order chi connectivity index (χ0) is 20.6. The number of piperazine rings is 1. The van der Waals surface area contributed by atoms with Gasteiger partial charge in [-0.15, -0.1) is 11.8 Å². The summed E-state index contributed by atoms with van der Waals surface area (Å²) in [6.07, 6.45) is 0.634. The third-order valence-corrected chi connectivity index (χ3v) is 6.53. The Bertz CT molecular complexity index is 778. The van der Waals surface area contributed by atoms with Crippen molar-refractivity contribution >= 4 is 17.4 Å². The van der Waals surface area contributed by atoms with Crippen LogP contribution in [0.2, 0.25) is 0 Å². The first kappa shape index (κ1) is 21.8. The molecule has 1 saturated heterocycles. The standard InChI is InChI=1S/C23H32N2O3S/c1-4-15-29-23-8-6-5-7-19(23)25-13-11-24(12-14-25)17-20(26)18-9-10-21(27-2)22(16-18)28-3/h5-10,16,20,26H,4,11-15,17H2,1-3H3/t20-/m0/s1. The van der Waals surface area contributed by atoms with Crippen molar-refractivity contribution < 1.29 is 14.6 Å². The van der Waals surface area contributed by atoms with E-state index in [-0.39, 0.29) is 0 Å². The maximum absolute atomic E-state index is 10.7. The lowest BCUT2D eigenvalue weighted by atomic mass is 10.1. The summed E-state index contributed by atoms with van der Waals surface area (Å²) in [6.45, 7) is 6.67. The average molecular weight is 417 g/mol. The van der Waals surface area contributed by atoms with Crippen molar-refractivity contribution in [2.24, 2.45) is 0 Å². The van der Waals surface area contributed by atoms with Gasteiger partial charge in [0, 0.05) is 37.6 Å². The Labute approximate surface area is 178 Å². The molecule has 29 heavy (non-hydrogen) atoms.